The number of hydrogen-bond acceptors (Lipinski definition) is 8. The molecule has 272 valence electrons. The Balaban J connectivity index is 1.83. The second kappa shape index (κ2) is 17.1. The number of esters is 3. The van der Waals surface area contributed by atoms with Crippen molar-refractivity contribution < 1.29 is 33.7 Å². The van der Waals surface area contributed by atoms with Crippen molar-refractivity contribution in [3.8, 4) is 11.5 Å². The van der Waals surface area contributed by atoms with Crippen LogP contribution in [0.4, 0.5) is 0 Å². The van der Waals surface area contributed by atoms with Crippen molar-refractivity contribution in [2.24, 2.45) is 0 Å². The number of thioether (sulfide) groups is 1. The average molecular weight is 697 g/mol. The Morgan fingerprint density at radius 3 is 1.33 bits per heavy atom. The van der Waals surface area contributed by atoms with Crippen molar-refractivity contribution >= 4 is 29.7 Å². The Kier molecular flexibility index (Phi) is 14.6. The molecule has 0 unspecified atom stereocenters. The number of phenols is 1. The lowest BCUT2D eigenvalue weighted by molar-refractivity contribution is -0.143. The summed E-state index contributed by atoms with van der Waals surface area (Å²) in [6.45, 7) is 29.0. The van der Waals surface area contributed by atoms with Crippen molar-refractivity contribution in [1.82, 2.24) is 0 Å². The number of carbonyl (C=O) groups is 3. The lowest BCUT2D eigenvalue weighted by Crippen LogP contribution is -2.22. The maximum Gasteiger partial charge on any atom is 0.335 e. The molecule has 0 bridgehead atoms. The zero-order valence-corrected chi connectivity index (χ0v) is 32.9. The van der Waals surface area contributed by atoms with E-state index in [1.54, 1.807) is 11.8 Å². The molecule has 49 heavy (non-hydrogen) atoms. The molecule has 7 nitrogen and oxygen atoms in total. The van der Waals surface area contributed by atoms with Crippen LogP contribution in [-0.2, 0) is 58.4 Å². The van der Waals surface area contributed by atoms with Crippen LogP contribution in [0.2, 0.25) is 0 Å². The maximum absolute atomic E-state index is 12.6. The van der Waals surface area contributed by atoms with E-state index in [1.807, 2.05) is 24.3 Å². The molecule has 0 amide bonds. The highest BCUT2D eigenvalue weighted by Gasteiger charge is 2.29. The van der Waals surface area contributed by atoms with Crippen LogP contribution < -0.4 is 4.74 Å². The Morgan fingerprint density at radius 1 is 0.653 bits per heavy atom. The number of aryl methyl sites for hydroxylation is 2. The van der Waals surface area contributed by atoms with Gasteiger partial charge in [-0.15, -0.1) is 0 Å². The topological polar surface area (TPSA) is 99.1 Å². The van der Waals surface area contributed by atoms with Gasteiger partial charge in [0, 0.05) is 41.6 Å². The summed E-state index contributed by atoms with van der Waals surface area (Å²) in [5.41, 5.74) is 4.52. The summed E-state index contributed by atoms with van der Waals surface area (Å²) < 4.78 is 16.7. The molecule has 0 atom stereocenters. The molecular formula is C41H60O7S. The SMILES string of the molecule is C=CC(=O)Oc1c(C(C)(C)C)cc(CCC(=O)OCCSCCOC(=O)CCc2cc(C(C)(C)C)c(O)c(C(C)(C)C)c2)cc1C(C)(C)C. The third-order valence-corrected chi connectivity index (χ3v) is 9.05. The van der Waals surface area contributed by atoms with E-state index < -0.39 is 5.97 Å². The van der Waals surface area contributed by atoms with Gasteiger partial charge in [-0.05, 0) is 56.8 Å². The number of benzene rings is 2. The van der Waals surface area contributed by atoms with Gasteiger partial charge in [0.2, 0.25) is 0 Å². The van der Waals surface area contributed by atoms with Crippen molar-refractivity contribution in [3.05, 3.63) is 70.3 Å². The second-order valence-electron chi connectivity index (χ2n) is 16.7. The quantitative estimate of drug-likeness (QED) is 0.0904. The molecule has 1 N–H and O–H groups in total. The summed E-state index contributed by atoms with van der Waals surface area (Å²) in [6, 6.07) is 8.03. The Bertz CT molecular complexity index is 1410. The number of rotatable bonds is 14. The number of ether oxygens (including phenoxy) is 3. The molecular weight excluding hydrogens is 637 g/mol. The first-order valence-corrected chi connectivity index (χ1v) is 18.4. The first-order valence-electron chi connectivity index (χ1n) is 17.2. The molecule has 0 aliphatic heterocycles. The summed E-state index contributed by atoms with van der Waals surface area (Å²) in [5.74, 6) is 1.07. The predicted octanol–water partition coefficient (Wildman–Crippen LogP) is 9.06. The number of hydrogen-bond donors (Lipinski definition) is 1. The van der Waals surface area contributed by atoms with Gasteiger partial charge in [0.25, 0.3) is 0 Å². The van der Waals surface area contributed by atoms with Crippen LogP contribution in [0.1, 0.15) is 129 Å². The van der Waals surface area contributed by atoms with E-state index >= 15 is 0 Å². The molecule has 0 saturated heterocycles. The summed E-state index contributed by atoms with van der Waals surface area (Å²) in [4.78, 5) is 37.2. The highest BCUT2D eigenvalue weighted by Crippen LogP contribution is 2.42. The molecule has 0 aromatic heterocycles. The largest absolute Gasteiger partial charge is 0.507 e. The highest BCUT2D eigenvalue weighted by atomic mass is 32.2. The van der Waals surface area contributed by atoms with Crippen molar-refractivity contribution in [1.29, 1.82) is 0 Å². The van der Waals surface area contributed by atoms with Gasteiger partial charge in [0.15, 0.2) is 0 Å². The molecule has 0 aliphatic rings. The molecule has 2 aromatic carbocycles. The number of phenolic OH excluding ortho intramolecular Hbond substituents is 1. The predicted molar refractivity (Wildman–Crippen MR) is 201 cm³/mol. The van der Waals surface area contributed by atoms with E-state index in [9.17, 15) is 19.5 Å². The van der Waals surface area contributed by atoms with Gasteiger partial charge in [0.05, 0.1) is 0 Å². The van der Waals surface area contributed by atoms with E-state index in [1.165, 1.54) is 6.08 Å². The van der Waals surface area contributed by atoms with E-state index in [4.69, 9.17) is 14.2 Å². The lowest BCUT2D eigenvalue weighted by atomic mass is 9.78. The van der Waals surface area contributed by atoms with Gasteiger partial charge in [-0.25, -0.2) is 4.79 Å². The summed E-state index contributed by atoms with van der Waals surface area (Å²) in [7, 11) is 0. The van der Waals surface area contributed by atoms with E-state index in [0.717, 1.165) is 33.4 Å². The van der Waals surface area contributed by atoms with Crippen LogP contribution in [0, 0.1) is 0 Å². The molecule has 0 aliphatic carbocycles. The molecule has 0 spiro atoms. The Hall–Kier alpha value is -3.26. The van der Waals surface area contributed by atoms with Gasteiger partial charge >= 0.3 is 17.9 Å². The van der Waals surface area contributed by atoms with Crippen LogP contribution >= 0.6 is 11.8 Å². The minimum Gasteiger partial charge on any atom is -0.507 e. The maximum atomic E-state index is 12.6. The molecule has 0 saturated carbocycles. The van der Waals surface area contributed by atoms with Gasteiger partial charge in [0.1, 0.15) is 24.7 Å². The fourth-order valence-electron chi connectivity index (χ4n) is 5.35. The van der Waals surface area contributed by atoms with Crippen molar-refractivity contribution in [2.75, 3.05) is 24.7 Å². The third-order valence-electron chi connectivity index (χ3n) is 8.14. The molecule has 2 rings (SSSR count). The minimum atomic E-state index is -0.501. The lowest BCUT2D eigenvalue weighted by Gasteiger charge is -2.30. The van der Waals surface area contributed by atoms with E-state index in [0.29, 0.717) is 35.8 Å². The van der Waals surface area contributed by atoms with Crippen LogP contribution in [0.3, 0.4) is 0 Å². The smallest absolute Gasteiger partial charge is 0.335 e. The molecule has 8 heteroatoms. The molecule has 0 fully saturated rings. The summed E-state index contributed by atoms with van der Waals surface area (Å²) >= 11 is 1.56. The van der Waals surface area contributed by atoms with Gasteiger partial charge in [-0.3, -0.25) is 9.59 Å². The molecule has 2 aromatic rings. The monoisotopic (exact) mass is 696 g/mol. The summed E-state index contributed by atoms with van der Waals surface area (Å²) in [6.07, 6.45) is 2.70. The highest BCUT2D eigenvalue weighted by molar-refractivity contribution is 7.99. The van der Waals surface area contributed by atoms with Crippen LogP contribution in [0.25, 0.3) is 0 Å². The van der Waals surface area contributed by atoms with E-state index in [-0.39, 0.29) is 59.7 Å². The van der Waals surface area contributed by atoms with Crippen molar-refractivity contribution in [2.45, 2.75) is 130 Å². The second-order valence-corrected chi connectivity index (χ2v) is 18.0. The van der Waals surface area contributed by atoms with Crippen LogP contribution in [0.5, 0.6) is 11.5 Å². The molecule has 0 radical (unpaired) electrons. The Morgan fingerprint density at radius 2 is 1.00 bits per heavy atom. The van der Waals surface area contributed by atoms with Crippen LogP contribution in [0.15, 0.2) is 36.9 Å². The normalized spacial score (nSPS) is 12.4. The van der Waals surface area contributed by atoms with Crippen molar-refractivity contribution in [3.63, 3.8) is 0 Å². The first kappa shape index (κ1) is 41.9. The van der Waals surface area contributed by atoms with Gasteiger partial charge < -0.3 is 19.3 Å². The summed E-state index contributed by atoms with van der Waals surface area (Å²) in [5, 5.41) is 10.9. The standard InChI is InChI=1S/C41H60O7S/c1-14-33(42)48-37-31(40(8,9)10)25-28(26-32(37)41(11,12)13)16-18-35(44)47-20-22-49-21-19-46-34(43)17-15-27-23-29(38(2,3)4)36(45)30(24-27)39(5,6)7/h14,23-26,45H,1,15-22H2,2-13H3. The minimum absolute atomic E-state index is 0.227. The van der Waals surface area contributed by atoms with E-state index in [2.05, 4.69) is 89.7 Å². The van der Waals surface area contributed by atoms with Gasteiger partial charge in [-0.2, -0.15) is 11.8 Å². The Labute approximate surface area is 299 Å². The number of aromatic hydroxyl groups is 1. The zero-order valence-electron chi connectivity index (χ0n) is 32.1. The van der Waals surface area contributed by atoms with Gasteiger partial charge in [-0.1, -0.05) is 114 Å². The average Bonchev–Trinajstić information content (AvgIpc) is 2.96. The molecule has 0 heterocycles. The number of carbonyl (C=O) groups excluding carboxylic acids is 3. The first-order chi connectivity index (χ1) is 22.4. The van der Waals surface area contributed by atoms with Crippen LogP contribution in [-0.4, -0.2) is 47.7 Å². The zero-order chi connectivity index (χ0) is 37.4. The fraction of sp³-hybridized carbons (Fsp3) is 0.585. The third kappa shape index (κ3) is 13.2. The fourth-order valence-corrected chi connectivity index (χ4v) is 5.96.